The first-order chi connectivity index (χ1) is 14.2. The summed E-state index contributed by atoms with van der Waals surface area (Å²) in [5.41, 5.74) is 5.59. The first-order valence-electron chi connectivity index (χ1n) is 10.0. The van der Waals surface area contributed by atoms with Crippen LogP contribution in [0.5, 0.6) is 5.75 Å². The van der Waals surface area contributed by atoms with E-state index in [1.807, 2.05) is 12.1 Å². The predicted octanol–water partition coefficient (Wildman–Crippen LogP) is 6.35. The minimum absolute atomic E-state index is 0.517. The molecule has 3 nitrogen and oxygen atoms in total. The Labute approximate surface area is 180 Å². The Balaban J connectivity index is 1.61. The lowest BCUT2D eigenvalue weighted by molar-refractivity contribution is 0.302. The quantitative estimate of drug-likeness (QED) is 0.329. The van der Waals surface area contributed by atoms with Crippen molar-refractivity contribution in [1.29, 1.82) is 0 Å². The van der Waals surface area contributed by atoms with Crippen LogP contribution in [0.4, 0.5) is 0 Å². The van der Waals surface area contributed by atoms with Crippen molar-refractivity contribution in [2.75, 3.05) is 0 Å². The number of ether oxygens (including phenoxy) is 1. The summed E-state index contributed by atoms with van der Waals surface area (Å²) < 4.78 is 9.54. The smallest absolute Gasteiger partial charge is 0.124 e. The van der Waals surface area contributed by atoms with E-state index >= 15 is 0 Å². The van der Waals surface area contributed by atoms with Crippen LogP contribution in [0.15, 0.2) is 65.1 Å². The summed E-state index contributed by atoms with van der Waals surface area (Å²) in [7, 11) is 0. The molecule has 1 radical (unpaired) electrons. The number of fused-ring (bicyclic) bond motifs is 1. The zero-order valence-electron chi connectivity index (χ0n) is 16.8. The largest absolute Gasteiger partial charge is 0.489 e. The van der Waals surface area contributed by atoms with Gasteiger partial charge in [0.2, 0.25) is 0 Å². The Morgan fingerprint density at radius 2 is 1.79 bits per heavy atom. The molecule has 0 atom stereocenters. The van der Waals surface area contributed by atoms with E-state index in [0.29, 0.717) is 6.61 Å². The number of rotatable bonds is 7. The number of imidazole rings is 1. The van der Waals surface area contributed by atoms with E-state index in [9.17, 15) is 0 Å². The Morgan fingerprint density at radius 3 is 2.62 bits per heavy atom. The van der Waals surface area contributed by atoms with Gasteiger partial charge in [-0.25, -0.2) is 4.98 Å². The molecule has 4 heteroatoms. The van der Waals surface area contributed by atoms with Gasteiger partial charge in [0.1, 0.15) is 18.2 Å². The lowest BCUT2D eigenvalue weighted by Gasteiger charge is -2.14. The molecule has 4 rings (SSSR count). The number of benzene rings is 3. The van der Waals surface area contributed by atoms with Gasteiger partial charge in [0, 0.05) is 16.5 Å². The van der Waals surface area contributed by atoms with E-state index in [0.717, 1.165) is 57.6 Å². The minimum Gasteiger partial charge on any atom is -0.489 e. The standard InChI is InChI=1S/C25H24BrN2O/c1-3-18-8-7-9-19(14-18)17-29-24-11-6-5-10-20(24)16-28-23-13-12-21(26)15-22(23)27-25(28)4-2/h5-13,15H,3-4,16-17H2,1-2H3. The van der Waals surface area contributed by atoms with Gasteiger partial charge in [-0.2, -0.15) is 0 Å². The van der Waals surface area contributed by atoms with Gasteiger partial charge in [-0.05, 0) is 47.9 Å². The van der Waals surface area contributed by atoms with E-state index < -0.39 is 0 Å². The fraction of sp³-hybridized carbons (Fsp3) is 0.240. The van der Waals surface area contributed by atoms with Crippen LogP contribution in [-0.2, 0) is 26.0 Å². The number of hydrogen-bond donors (Lipinski definition) is 0. The summed E-state index contributed by atoms with van der Waals surface area (Å²) in [6.07, 6.45) is 1.86. The summed E-state index contributed by atoms with van der Waals surface area (Å²) in [5.74, 6) is 1.99. The number of aryl methyl sites for hydroxylation is 2. The monoisotopic (exact) mass is 447 g/mol. The number of para-hydroxylation sites is 1. The molecule has 0 saturated heterocycles. The van der Waals surface area contributed by atoms with Crippen LogP contribution in [0.25, 0.3) is 11.0 Å². The van der Waals surface area contributed by atoms with Crippen molar-refractivity contribution < 1.29 is 4.74 Å². The molecule has 0 aliphatic heterocycles. The predicted molar refractivity (Wildman–Crippen MR) is 121 cm³/mol. The molecule has 0 amide bonds. The van der Waals surface area contributed by atoms with Crippen molar-refractivity contribution in [1.82, 2.24) is 9.55 Å². The third-order valence-electron chi connectivity index (χ3n) is 5.09. The topological polar surface area (TPSA) is 27.1 Å². The maximum Gasteiger partial charge on any atom is 0.124 e. The number of halogens is 1. The maximum absolute atomic E-state index is 6.20. The van der Waals surface area contributed by atoms with Crippen LogP contribution in [0, 0.1) is 6.07 Å². The highest BCUT2D eigenvalue weighted by molar-refractivity contribution is 9.10. The molecule has 0 bridgehead atoms. The highest BCUT2D eigenvalue weighted by Crippen LogP contribution is 2.26. The van der Waals surface area contributed by atoms with E-state index in [-0.39, 0.29) is 0 Å². The number of hydrogen-bond acceptors (Lipinski definition) is 2. The van der Waals surface area contributed by atoms with Crippen LogP contribution in [0.2, 0.25) is 0 Å². The van der Waals surface area contributed by atoms with Crippen molar-refractivity contribution in [3.05, 3.63) is 93.7 Å². The molecule has 0 saturated carbocycles. The molecule has 147 valence electrons. The summed E-state index contributed by atoms with van der Waals surface area (Å²) in [6, 6.07) is 24.2. The van der Waals surface area contributed by atoms with E-state index in [1.54, 1.807) is 0 Å². The second kappa shape index (κ2) is 8.83. The van der Waals surface area contributed by atoms with Crippen molar-refractivity contribution in [2.24, 2.45) is 0 Å². The zero-order chi connectivity index (χ0) is 20.2. The van der Waals surface area contributed by atoms with Crippen LogP contribution >= 0.6 is 15.9 Å². The first-order valence-corrected chi connectivity index (χ1v) is 10.8. The van der Waals surface area contributed by atoms with Crippen molar-refractivity contribution in [3.8, 4) is 5.75 Å². The molecule has 29 heavy (non-hydrogen) atoms. The summed E-state index contributed by atoms with van der Waals surface area (Å²) in [6.45, 7) is 5.54. The van der Waals surface area contributed by atoms with Gasteiger partial charge in [0.15, 0.2) is 0 Å². The van der Waals surface area contributed by atoms with Gasteiger partial charge in [-0.3, -0.25) is 0 Å². The second-order valence-electron chi connectivity index (χ2n) is 7.05. The molecule has 0 aliphatic rings. The van der Waals surface area contributed by atoms with Gasteiger partial charge in [-0.15, -0.1) is 0 Å². The van der Waals surface area contributed by atoms with Gasteiger partial charge >= 0.3 is 0 Å². The zero-order valence-corrected chi connectivity index (χ0v) is 18.4. The number of nitrogens with zero attached hydrogens (tertiary/aromatic N) is 2. The molecular weight excluding hydrogens is 424 g/mol. The summed E-state index contributed by atoms with van der Waals surface area (Å²) >= 11 is 3.55. The average molecular weight is 448 g/mol. The lowest BCUT2D eigenvalue weighted by Crippen LogP contribution is -2.07. The van der Waals surface area contributed by atoms with Gasteiger partial charge in [0.05, 0.1) is 17.6 Å². The lowest BCUT2D eigenvalue weighted by atomic mass is 10.1. The van der Waals surface area contributed by atoms with Crippen molar-refractivity contribution >= 4 is 27.0 Å². The third-order valence-corrected chi connectivity index (χ3v) is 5.58. The molecule has 4 aromatic rings. The molecule has 1 aromatic heterocycles. The van der Waals surface area contributed by atoms with Crippen LogP contribution in [0.3, 0.4) is 0 Å². The maximum atomic E-state index is 6.20. The Kier molecular flexibility index (Phi) is 6.00. The highest BCUT2D eigenvalue weighted by atomic mass is 79.9. The van der Waals surface area contributed by atoms with Gasteiger partial charge in [0.25, 0.3) is 0 Å². The normalized spacial score (nSPS) is 11.1. The summed E-state index contributed by atoms with van der Waals surface area (Å²) in [5, 5.41) is 0. The van der Waals surface area contributed by atoms with Crippen molar-refractivity contribution in [2.45, 2.75) is 39.8 Å². The molecule has 0 aliphatic carbocycles. The average Bonchev–Trinajstić information content (AvgIpc) is 3.09. The van der Waals surface area contributed by atoms with E-state index in [1.165, 1.54) is 5.56 Å². The fourth-order valence-electron chi connectivity index (χ4n) is 3.56. The van der Waals surface area contributed by atoms with Gasteiger partial charge in [-0.1, -0.05) is 66.2 Å². The highest BCUT2D eigenvalue weighted by Gasteiger charge is 2.12. The Morgan fingerprint density at radius 1 is 0.966 bits per heavy atom. The Hall–Kier alpha value is -2.59. The molecule has 3 aromatic carbocycles. The minimum atomic E-state index is 0.517. The van der Waals surface area contributed by atoms with Crippen LogP contribution < -0.4 is 4.74 Å². The number of aromatic nitrogens is 2. The third kappa shape index (κ3) is 4.38. The van der Waals surface area contributed by atoms with Crippen molar-refractivity contribution in [3.63, 3.8) is 0 Å². The van der Waals surface area contributed by atoms with Gasteiger partial charge < -0.3 is 9.30 Å². The second-order valence-corrected chi connectivity index (χ2v) is 7.97. The first kappa shape index (κ1) is 19.7. The van der Waals surface area contributed by atoms with Crippen LogP contribution in [-0.4, -0.2) is 9.55 Å². The SMILES string of the molecule is CCc1[c]c(COc2ccccc2Cn2c(CC)nc3cc(Br)ccc32)ccc1. The molecule has 1 heterocycles. The molecular formula is C25H24BrN2O. The molecule has 0 fully saturated rings. The van der Waals surface area contributed by atoms with Crippen LogP contribution in [0.1, 0.15) is 36.4 Å². The van der Waals surface area contributed by atoms with E-state index in [4.69, 9.17) is 9.72 Å². The molecule has 0 N–H and O–H groups in total. The fourth-order valence-corrected chi connectivity index (χ4v) is 3.91. The molecule has 0 unspecified atom stereocenters. The summed E-state index contributed by atoms with van der Waals surface area (Å²) in [4.78, 5) is 4.82. The van der Waals surface area contributed by atoms with E-state index in [2.05, 4.69) is 88.9 Å². The Bertz CT molecular complexity index is 1130. The molecule has 0 spiro atoms.